The Bertz CT molecular complexity index is 728. The highest BCUT2D eigenvalue weighted by Crippen LogP contribution is 2.27. The van der Waals surface area contributed by atoms with Crippen molar-refractivity contribution in [3.63, 3.8) is 0 Å². The van der Waals surface area contributed by atoms with Crippen molar-refractivity contribution in [1.29, 1.82) is 0 Å². The first kappa shape index (κ1) is 21.1. The minimum Gasteiger partial charge on any atom is -0.349 e. The predicted octanol–water partition coefficient (Wildman–Crippen LogP) is 4.80. The quantitative estimate of drug-likeness (QED) is 0.597. The third kappa shape index (κ3) is 6.17. The van der Waals surface area contributed by atoms with Gasteiger partial charge in [0, 0.05) is 18.2 Å². The highest BCUT2D eigenvalue weighted by Gasteiger charge is 2.20. The van der Waals surface area contributed by atoms with Crippen LogP contribution in [0.2, 0.25) is 5.02 Å². The molecular weight excluding hydrogens is 394 g/mol. The average Bonchev–Trinajstić information content (AvgIpc) is 3.16. The molecule has 2 amide bonds. The summed E-state index contributed by atoms with van der Waals surface area (Å²) in [4.78, 5) is 24.7. The van der Waals surface area contributed by atoms with Crippen LogP contribution in [0.4, 0.5) is 5.69 Å². The van der Waals surface area contributed by atoms with E-state index in [1.165, 1.54) is 19.3 Å². The van der Waals surface area contributed by atoms with Gasteiger partial charge in [-0.1, -0.05) is 43.7 Å². The van der Waals surface area contributed by atoms with Crippen molar-refractivity contribution in [1.82, 2.24) is 10.6 Å². The van der Waals surface area contributed by atoms with Gasteiger partial charge in [-0.2, -0.15) is 0 Å². The van der Waals surface area contributed by atoms with Gasteiger partial charge in [0.2, 0.25) is 5.91 Å². The summed E-state index contributed by atoms with van der Waals surface area (Å²) in [6.07, 6.45) is 10.7. The van der Waals surface area contributed by atoms with Crippen molar-refractivity contribution in [3.8, 4) is 0 Å². The highest BCUT2D eigenvalue weighted by molar-refractivity contribution is 7.80. The maximum Gasteiger partial charge on any atom is 0.253 e. The second kappa shape index (κ2) is 10.2. The van der Waals surface area contributed by atoms with Crippen LogP contribution in [0, 0.1) is 5.92 Å². The summed E-state index contributed by atoms with van der Waals surface area (Å²) < 4.78 is 0. The maximum atomic E-state index is 12.6. The van der Waals surface area contributed by atoms with Gasteiger partial charge < -0.3 is 16.0 Å². The number of amides is 2. The normalized spacial score (nSPS) is 17.9. The Labute approximate surface area is 177 Å². The van der Waals surface area contributed by atoms with Gasteiger partial charge in [0.25, 0.3) is 5.91 Å². The first-order valence-electron chi connectivity index (χ1n) is 10.2. The second-order valence-corrected chi connectivity index (χ2v) is 8.68. The van der Waals surface area contributed by atoms with Crippen LogP contribution < -0.4 is 16.0 Å². The van der Waals surface area contributed by atoms with E-state index < -0.39 is 0 Å². The third-order valence-corrected chi connectivity index (χ3v) is 6.14. The van der Waals surface area contributed by atoms with Gasteiger partial charge in [-0.3, -0.25) is 9.59 Å². The number of hydrogen-bond acceptors (Lipinski definition) is 3. The summed E-state index contributed by atoms with van der Waals surface area (Å²) in [7, 11) is 0. The fraction of sp³-hybridized carbons (Fsp3) is 0.571. The van der Waals surface area contributed by atoms with Gasteiger partial charge in [0.15, 0.2) is 5.11 Å². The molecule has 28 heavy (non-hydrogen) atoms. The minimum atomic E-state index is -0.170. The van der Waals surface area contributed by atoms with Crippen LogP contribution in [0.1, 0.15) is 74.6 Å². The molecule has 0 heterocycles. The van der Waals surface area contributed by atoms with Crippen LogP contribution in [0.25, 0.3) is 0 Å². The summed E-state index contributed by atoms with van der Waals surface area (Å²) >= 11 is 11.5. The molecule has 5 nitrogen and oxygen atoms in total. The van der Waals surface area contributed by atoms with E-state index in [0.29, 0.717) is 28.6 Å². The van der Waals surface area contributed by atoms with Gasteiger partial charge in [-0.15, -0.1) is 0 Å². The number of nitrogens with one attached hydrogen (secondary N) is 3. The average molecular weight is 422 g/mol. The number of carbonyl (C=O) groups excluding carboxylic acids is 2. The largest absolute Gasteiger partial charge is 0.349 e. The van der Waals surface area contributed by atoms with E-state index in [-0.39, 0.29) is 23.0 Å². The van der Waals surface area contributed by atoms with Crippen molar-refractivity contribution in [2.24, 2.45) is 5.92 Å². The van der Waals surface area contributed by atoms with Crippen LogP contribution in [0.3, 0.4) is 0 Å². The lowest BCUT2D eigenvalue weighted by Crippen LogP contribution is -2.36. The number of hydrogen-bond donors (Lipinski definition) is 3. The summed E-state index contributed by atoms with van der Waals surface area (Å²) in [5, 5.41) is 9.43. The lowest BCUT2D eigenvalue weighted by atomic mass is 9.95. The van der Waals surface area contributed by atoms with Crippen molar-refractivity contribution < 1.29 is 9.59 Å². The van der Waals surface area contributed by atoms with Gasteiger partial charge in [-0.25, -0.2) is 0 Å². The van der Waals surface area contributed by atoms with Crippen LogP contribution >= 0.6 is 23.8 Å². The van der Waals surface area contributed by atoms with E-state index in [4.69, 9.17) is 23.8 Å². The second-order valence-electron chi connectivity index (χ2n) is 7.86. The van der Waals surface area contributed by atoms with E-state index in [2.05, 4.69) is 16.0 Å². The molecule has 1 aromatic rings. The Morgan fingerprint density at radius 1 is 1.04 bits per heavy atom. The van der Waals surface area contributed by atoms with E-state index in [0.717, 1.165) is 38.5 Å². The summed E-state index contributed by atoms with van der Waals surface area (Å²) in [6, 6.07) is 5.30. The Balaban J connectivity index is 1.54. The third-order valence-electron chi connectivity index (χ3n) is 5.61. The molecule has 3 rings (SSSR count). The van der Waals surface area contributed by atoms with Gasteiger partial charge in [0.05, 0.1) is 10.6 Å². The highest BCUT2D eigenvalue weighted by atomic mass is 35.5. The molecule has 7 heteroatoms. The molecule has 2 saturated carbocycles. The van der Waals surface area contributed by atoms with Crippen LogP contribution in [-0.2, 0) is 4.79 Å². The van der Waals surface area contributed by atoms with E-state index in [1.54, 1.807) is 18.2 Å². The van der Waals surface area contributed by atoms with E-state index >= 15 is 0 Å². The first-order chi connectivity index (χ1) is 13.5. The molecule has 2 aliphatic rings. The van der Waals surface area contributed by atoms with Gasteiger partial charge >= 0.3 is 0 Å². The molecule has 0 unspecified atom stereocenters. The predicted molar refractivity (Wildman–Crippen MR) is 117 cm³/mol. The number of rotatable bonds is 5. The number of anilines is 1. The molecule has 0 saturated heterocycles. The molecule has 0 atom stereocenters. The molecular formula is C21H28ClN3O2S. The standard InChI is InChI=1S/C21H28ClN3O2S/c22-18-11-10-16(13-17(18)20(27)23-15-8-2-1-3-9-15)24-21(28)25-19(26)12-14-6-4-5-7-14/h10-11,13-15H,1-9,12H2,(H,23,27)(H2,24,25,26,28). The summed E-state index contributed by atoms with van der Waals surface area (Å²) in [5.41, 5.74) is 1.04. The molecule has 3 N–H and O–H groups in total. The number of carbonyl (C=O) groups is 2. The summed E-state index contributed by atoms with van der Waals surface area (Å²) in [6.45, 7) is 0. The molecule has 2 aliphatic carbocycles. The zero-order valence-corrected chi connectivity index (χ0v) is 17.6. The lowest BCUT2D eigenvalue weighted by Gasteiger charge is -2.23. The lowest BCUT2D eigenvalue weighted by molar-refractivity contribution is -0.120. The van der Waals surface area contributed by atoms with E-state index in [9.17, 15) is 9.59 Å². The van der Waals surface area contributed by atoms with Crippen molar-refractivity contribution in [2.45, 2.75) is 70.3 Å². The Morgan fingerprint density at radius 2 is 1.71 bits per heavy atom. The molecule has 152 valence electrons. The zero-order valence-electron chi connectivity index (χ0n) is 16.1. The Morgan fingerprint density at radius 3 is 2.43 bits per heavy atom. The molecule has 0 aliphatic heterocycles. The number of thiocarbonyl (C=S) groups is 1. The van der Waals surface area contributed by atoms with Crippen LogP contribution in [0.5, 0.6) is 0 Å². The minimum absolute atomic E-state index is 0.0615. The van der Waals surface area contributed by atoms with E-state index in [1.807, 2.05) is 0 Å². The maximum absolute atomic E-state index is 12.6. The molecule has 0 radical (unpaired) electrons. The van der Waals surface area contributed by atoms with Crippen molar-refractivity contribution in [2.75, 3.05) is 5.32 Å². The smallest absolute Gasteiger partial charge is 0.253 e. The fourth-order valence-electron chi connectivity index (χ4n) is 4.10. The first-order valence-corrected chi connectivity index (χ1v) is 11.0. The van der Waals surface area contributed by atoms with Crippen LogP contribution in [0.15, 0.2) is 18.2 Å². The molecule has 0 aromatic heterocycles. The molecule has 2 fully saturated rings. The van der Waals surface area contributed by atoms with Crippen molar-refractivity contribution >= 4 is 46.4 Å². The topological polar surface area (TPSA) is 70.2 Å². The number of halogens is 1. The molecule has 0 spiro atoms. The number of benzene rings is 1. The van der Waals surface area contributed by atoms with Crippen LogP contribution in [-0.4, -0.2) is 23.0 Å². The molecule has 0 bridgehead atoms. The Kier molecular flexibility index (Phi) is 7.68. The SMILES string of the molecule is O=C(CC1CCCC1)NC(=S)Nc1ccc(Cl)c(C(=O)NC2CCCCC2)c1. The summed E-state index contributed by atoms with van der Waals surface area (Å²) in [5.74, 6) is 0.235. The fourth-order valence-corrected chi connectivity index (χ4v) is 4.54. The van der Waals surface area contributed by atoms with Crippen molar-refractivity contribution in [3.05, 3.63) is 28.8 Å². The monoisotopic (exact) mass is 421 g/mol. The molecule has 1 aromatic carbocycles. The zero-order chi connectivity index (χ0) is 19.9. The van der Waals surface area contributed by atoms with Gasteiger partial charge in [0.1, 0.15) is 0 Å². The Hall–Kier alpha value is -1.66. The van der Waals surface area contributed by atoms with Gasteiger partial charge in [-0.05, 0) is 62.0 Å².